The number of nitrogens with one attached hydrogen (secondary N) is 1. The van der Waals surface area contributed by atoms with Crippen molar-refractivity contribution in [2.75, 3.05) is 13.2 Å². The molecule has 3 nitrogen and oxygen atoms in total. The Balaban J connectivity index is 2.57. The Morgan fingerprint density at radius 1 is 1.33 bits per heavy atom. The van der Waals surface area contributed by atoms with E-state index in [1.54, 1.807) is 0 Å². The Morgan fingerprint density at radius 3 is 2.67 bits per heavy atom. The molecule has 0 saturated carbocycles. The molecule has 0 bridgehead atoms. The maximum absolute atomic E-state index is 11.9. The van der Waals surface area contributed by atoms with Crippen LogP contribution in [0.3, 0.4) is 0 Å². The highest BCUT2D eigenvalue weighted by Crippen LogP contribution is 2.21. The molecule has 3 N–H and O–H groups in total. The van der Waals surface area contributed by atoms with Crippen LogP contribution in [-0.2, 0) is 4.74 Å². The van der Waals surface area contributed by atoms with Gasteiger partial charge in [0.15, 0.2) is 0 Å². The zero-order chi connectivity index (χ0) is 13.5. The van der Waals surface area contributed by atoms with Crippen molar-refractivity contribution in [3.8, 4) is 0 Å². The van der Waals surface area contributed by atoms with Crippen LogP contribution in [-0.4, -0.2) is 19.6 Å². The number of benzene rings is 1. The van der Waals surface area contributed by atoms with Crippen LogP contribution in [0.1, 0.15) is 29.2 Å². The van der Waals surface area contributed by atoms with Crippen LogP contribution < -0.4 is 11.3 Å². The Kier molecular flexibility index (Phi) is 6.18. The lowest BCUT2D eigenvalue weighted by molar-refractivity contribution is 0.0143. The molecule has 1 unspecified atom stereocenters. The van der Waals surface area contributed by atoms with Crippen molar-refractivity contribution in [2.45, 2.75) is 32.7 Å². The molecule has 1 aromatic rings. The number of hydrogen-bond donors (Lipinski definition) is 2. The van der Waals surface area contributed by atoms with Crippen molar-refractivity contribution in [2.24, 2.45) is 5.84 Å². The molecular formula is C13H20F2N2O. The van der Waals surface area contributed by atoms with E-state index in [0.29, 0.717) is 6.42 Å². The molecule has 5 heteroatoms. The molecule has 1 aromatic carbocycles. The van der Waals surface area contributed by atoms with Crippen molar-refractivity contribution in [1.82, 2.24) is 5.43 Å². The summed E-state index contributed by atoms with van der Waals surface area (Å²) < 4.78 is 28.7. The van der Waals surface area contributed by atoms with Gasteiger partial charge in [-0.2, -0.15) is 0 Å². The molecule has 102 valence electrons. The first-order valence-corrected chi connectivity index (χ1v) is 5.93. The lowest BCUT2D eigenvalue weighted by atomic mass is 9.97. The predicted molar refractivity (Wildman–Crippen MR) is 67.4 cm³/mol. The van der Waals surface area contributed by atoms with E-state index < -0.39 is 13.0 Å². The Labute approximate surface area is 106 Å². The number of aryl methyl sites for hydroxylation is 2. The van der Waals surface area contributed by atoms with Gasteiger partial charge in [0.1, 0.15) is 6.61 Å². The number of alkyl halides is 2. The lowest BCUT2D eigenvalue weighted by Crippen LogP contribution is -2.29. The maximum Gasteiger partial charge on any atom is 0.261 e. The first-order valence-electron chi connectivity index (χ1n) is 5.93. The number of nitrogens with two attached hydrogens (primary N) is 1. The van der Waals surface area contributed by atoms with Crippen LogP contribution in [0.5, 0.6) is 0 Å². The van der Waals surface area contributed by atoms with Gasteiger partial charge in [-0.25, -0.2) is 8.78 Å². The van der Waals surface area contributed by atoms with Gasteiger partial charge < -0.3 is 4.74 Å². The summed E-state index contributed by atoms with van der Waals surface area (Å²) in [6, 6.07) is 6.02. The lowest BCUT2D eigenvalue weighted by Gasteiger charge is -2.19. The average Bonchev–Trinajstić information content (AvgIpc) is 2.33. The number of ether oxygens (including phenoxy) is 1. The van der Waals surface area contributed by atoms with Crippen LogP contribution >= 0.6 is 0 Å². The summed E-state index contributed by atoms with van der Waals surface area (Å²) in [5, 5.41) is 0. The molecule has 1 rings (SSSR count). The third-order valence-electron chi connectivity index (χ3n) is 2.81. The van der Waals surface area contributed by atoms with Crippen LogP contribution in [0.4, 0.5) is 8.78 Å². The van der Waals surface area contributed by atoms with Gasteiger partial charge >= 0.3 is 0 Å². The van der Waals surface area contributed by atoms with Gasteiger partial charge in [0.25, 0.3) is 6.43 Å². The minimum atomic E-state index is -2.42. The molecule has 0 fully saturated rings. The van der Waals surface area contributed by atoms with Gasteiger partial charge in [0, 0.05) is 12.6 Å². The topological polar surface area (TPSA) is 47.3 Å². The zero-order valence-corrected chi connectivity index (χ0v) is 10.7. The molecule has 0 saturated heterocycles. The van der Waals surface area contributed by atoms with Gasteiger partial charge in [0.05, 0.1) is 0 Å². The van der Waals surface area contributed by atoms with Crippen molar-refractivity contribution in [3.63, 3.8) is 0 Å². The van der Waals surface area contributed by atoms with Crippen LogP contribution in [0.25, 0.3) is 0 Å². The van der Waals surface area contributed by atoms with E-state index in [1.165, 1.54) is 0 Å². The summed E-state index contributed by atoms with van der Waals surface area (Å²) >= 11 is 0. The molecule has 1 atom stereocenters. The summed E-state index contributed by atoms with van der Waals surface area (Å²) in [6.07, 6.45) is -1.86. The first kappa shape index (κ1) is 15.0. The van der Waals surface area contributed by atoms with E-state index in [4.69, 9.17) is 10.6 Å². The van der Waals surface area contributed by atoms with Gasteiger partial charge in [-0.15, -0.1) is 0 Å². The Hall–Kier alpha value is -1.04. The second-order valence-corrected chi connectivity index (χ2v) is 4.33. The van der Waals surface area contributed by atoms with E-state index in [2.05, 4.69) is 5.43 Å². The first-order chi connectivity index (χ1) is 8.54. The third kappa shape index (κ3) is 4.68. The predicted octanol–water partition coefficient (Wildman–Crippen LogP) is 2.48. The molecular weight excluding hydrogens is 238 g/mol. The smallest absolute Gasteiger partial charge is 0.261 e. The fourth-order valence-corrected chi connectivity index (χ4v) is 1.84. The molecule has 0 radical (unpaired) electrons. The largest absolute Gasteiger partial charge is 0.375 e. The molecule has 18 heavy (non-hydrogen) atoms. The van der Waals surface area contributed by atoms with Gasteiger partial charge in [-0.3, -0.25) is 11.3 Å². The summed E-state index contributed by atoms with van der Waals surface area (Å²) in [5.74, 6) is 5.51. The van der Waals surface area contributed by atoms with Crippen LogP contribution in [0.15, 0.2) is 18.2 Å². The molecule has 0 spiro atoms. The Morgan fingerprint density at radius 2 is 2.06 bits per heavy atom. The van der Waals surface area contributed by atoms with E-state index in [1.807, 2.05) is 32.0 Å². The second kappa shape index (κ2) is 7.41. The Bertz CT molecular complexity index is 372. The summed E-state index contributed by atoms with van der Waals surface area (Å²) in [4.78, 5) is 0. The van der Waals surface area contributed by atoms with Gasteiger partial charge in [-0.05, 0) is 31.4 Å². The van der Waals surface area contributed by atoms with E-state index in [0.717, 1.165) is 16.7 Å². The minimum Gasteiger partial charge on any atom is -0.375 e. The second-order valence-electron chi connectivity index (χ2n) is 4.33. The summed E-state index contributed by atoms with van der Waals surface area (Å²) in [5.41, 5.74) is 6.05. The SMILES string of the molecule is Cc1ccc(C)c(C(CCOCC(F)F)NN)c1. The van der Waals surface area contributed by atoms with Crippen LogP contribution in [0.2, 0.25) is 0 Å². The van der Waals surface area contributed by atoms with Crippen molar-refractivity contribution < 1.29 is 13.5 Å². The van der Waals surface area contributed by atoms with Crippen molar-refractivity contribution >= 4 is 0 Å². The highest BCUT2D eigenvalue weighted by atomic mass is 19.3. The van der Waals surface area contributed by atoms with E-state index in [9.17, 15) is 8.78 Å². The fraction of sp³-hybridized carbons (Fsp3) is 0.538. The number of rotatable bonds is 7. The molecule has 0 aliphatic heterocycles. The molecule has 0 aliphatic carbocycles. The van der Waals surface area contributed by atoms with E-state index in [-0.39, 0.29) is 12.6 Å². The number of hydrazine groups is 1. The zero-order valence-electron chi connectivity index (χ0n) is 10.7. The summed E-state index contributed by atoms with van der Waals surface area (Å²) in [6.45, 7) is 3.74. The quantitative estimate of drug-likeness (QED) is 0.449. The summed E-state index contributed by atoms with van der Waals surface area (Å²) in [7, 11) is 0. The monoisotopic (exact) mass is 258 g/mol. The van der Waals surface area contributed by atoms with Crippen molar-refractivity contribution in [3.05, 3.63) is 34.9 Å². The molecule has 0 aromatic heterocycles. The minimum absolute atomic E-state index is 0.0810. The van der Waals surface area contributed by atoms with Gasteiger partial charge in [0.2, 0.25) is 0 Å². The highest BCUT2D eigenvalue weighted by Gasteiger charge is 2.12. The molecule has 0 aliphatic rings. The number of hydrogen-bond acceptors (Lipinski definition) is 3. The third-order valence-corrected chi connectivity index (χ3v) is 2.81. The average molecular weight is 258 g/mol. The van der Waals surface area contributed by atoms with Crippen molar-refractivity contribution in [1.29, 1.82) is 0 Å². The number of halogens is 2. The molecule has 0 heterocycles. The molecule has 0 amide bonds. The fourth-order valence-electron chi connectivity index (χ4n) is 1.84. The van der Waals surface area contributed by atoms with Crippen LogP contribution in [0, 0.1) is 13.8 Å². The highest BCUT2D eigenvalue weighted by molar-refractivity contribution is 5.32. The standard InChI is InChI=1S/C13H20F2N2O/c1-9-3-4-10(2)11(7-9)12(17-16)5-6-18-8-13(14)15/h3-4,7,12-13,17H,5-6,8,16H2,1-2H3. The van der Waals surface area contributed by atoms with E-state index >= 15 is 0 Å². The maximum atomic E-state index is 11.9. The van der Waals surface area contributed by atoms with Gasteiger partial charge in [-0.1, -0.05) is 23.8 Å². The normalized spacial score (nSPS) is 13.0.